The van der Waals surface area contributed by atoms with Crippen LogP contribution in [-0.2, 0) is 0 Å². The molecule has 0 aromatic heterocycles. The molecule has 0 saturated heterocycles. The van der Waals surface area contributed by atoms with E-state index in [0.717, 1.165) is 11.3 Å². The maximum atomic E-state index is 2.47. The summed E-state index contributed by atoms with van der Waals surface area (Å²) in [4.78, 5) is 0. The van der Waals surface area contributed by atoms with Crippen LogP contribution in [0, 0.1) is 16.7 Å². The van der Waals surface area contributed by atoms with Gasteiger partial charge in [0.1, 0.15) is 0 Å². The van der Waals surface area contributed by atoms with Crippen molar-refractivity contribution in [3.8, 4) is 0 Å². The van der Waals surface area contributed by atoms with Gasteiger partial charge in [0.15, 0.2) is 0 Å². The second-order valence-electron chi connectivity index (χ2n) is 5.42. The van der Waals surface area contributed by atoms with Gasteiger partial charge < -0.3 is 0 Å². The first kappa shape index (κ1) is 6.69. The molecule has 2 atom stereocenters. The average molecular weight is 138 g/mol. The quantitative estimate of drug-likeness (QED) is 0.482. The van der Waals surface area contributed by atoms with Gasteiger partial charge in [-0.3, -0.25) is 0 Å². The molecule has 0 radical (unpaired) electrons. The highest BCUT2D eigenvalue weighted by atomic mass is 14.6. The molecule has 2 rings (SSSR count). The summed E-state index contributed by atoms with van der Waals surface area (Å²) < 4.78 is 0. The Morgan fingerprint density at radius 1 is 1.20 bits per heavy atom. The average Bonchev–Trinajstić information content (AvgIpc) is 2.16. The fourth-order valence-corrected chi connectivity index (χ4v) is 3.39. The van der Waals surface area contributed by atoms with Gasteiger partial charge in [0, 0.05) is 0 Å². The molecule has 0 heteroatoms. The van der Waals surface area contributed by atoms with Gasteiger partial charge in [-0.25, -0.2) is 0 Å². The predicted octanol–water partition coefficient (Wildman–Crippen LogP) is 3.22. The molecule has 2 saturated carbocycles. The lowest BCUT2D eigenvalue weighted by atomic mass is 9.73. The van der Waals surface area contributed by atoms with E-state index in [4.69, 9.17) is 0 Å². The molecule has 0 nitrogen and oxygen atoms in total. The van der Waals surface area contributed by atoms with Crippen LogP contribution < -0.4 is 0 Å². The van der Waals surface area contributed by atoms with Crippen molar-refractivity contribution in [3.63, 3.8) is 0 Å². The predicted molar refractivity (Wildman–Crippen MR) is 43.8 cm³/mol. The third-order valence-corrected chi connectivity index (χ3v) is 3.82. The fourth-order valence-electron chi connectivity index (χ4n) is 3.39. The maximum absolute atomic E-state index is 2.47. The summed E-state index contributed by atoms with van der Waals surface area (Å²) >= 11 is 0. The van der Waals surface area contributed by atoms with Crippen molar-refractivity contribution in [2.45, 2.75) is 46.5 Å². The molecule has 0 spiro atoms. The van der Waals surface area contributed by atoms with Crippen molar-refractivity contribution in [2.24, 2.45) is 16.7 Å². The molecule has 0 aliphatic heterocycles. The fraction of sp³-hybridized carbons (Fsp3) is 1.00. The van der Waals surface area contributed by atoms with Crippen LogP contribution in [0.1, 0.15) is 46.5 Å². The SMILES string of the molecule is CC12CC[C@H](C1)C(C)(C)C2. The topological polar surface area (TPSA) is 0 Å². The molecule has 2 fully saturated rings. The van der Waals surface area contributed by atoms with Gasteiger partial charge in [0.05, 0.1) is 0 Å². The normalized spacial score (nSPS) is 50.1. The molecular formula is C10H18. The van der Waals surface area contributed by atoms with E-state index in [1.54, 1.807) is 0 Å². The molecule has 0 aromatic carbocycles. The highest BCUT2D eigenvalue weighted by molar-refractivity contribution is 5.01. The Morgan fingerprint density at radius 3 is 2.10 bits per heavy atom. The molecule has 0 amide bonds. The van der Waals surface area contributed by atoms with E-state index in [-0.39, 0.29) is 0 Å². The highest BCUT2D eigenvalue weighted by Crippen LogP contribution is 2.62. The summed E-state index contributed by atoms with van der Waals surface area (Å²) in [6.45, 7) is 7.37. The molecule has 10 heavy (non-hydrogen) atoms. The third kappa shape index (κ3) is 0.741. The summed E-state index contributed by atoms with van der Waals surface area (Å²) in [5.41, 5.74) is 1.42. The number of rotatable bonds is 0. The Hall–Kier alpha value is 0. The lowest BCUT2D eigenvalue weighted by Crippen LogP contribution is -2.22. The minimum Gasteiger partial charge on any atom is -0.0596 e. The van der Waals surface area contributed by atoms with E-state index in [1.807, 2.05) is 0 Å². The lowest BCUT2D eigenvalue weighted by Gasteiger charge is -2.32. The van der Waals surface area contributed by atoms with Crippen LogP contribution in [0.2, 0.25) is 0 Å². The van der Waals surface area contributed by atoms with Crippen molar-refractivity contribution in [3.05, 3.63) is 0 Å². The van der Waals surface area contributed by atoms with Crippen LogP contribution in [0.3, 0.4) is 0 Å². The minimum atomic E-state index is 0.674. The van der Waals surface area contributed by atoms with E-state index in [0.29, 0.717) is 5.41 Å². The Labute approximate surface area is 64.0 Å². The summed E-state index contributed by atoms with van der Waals surface area (Å²) in [5, 5.41) is 0. The zero-order valence-electron chi connectivity index (χ0n) is 7.41. The molecule has 1 unspecified atom stereocenters. The molecule has 2 bridgehead atoms. The smallest absolute Gasteiger partial charge is 0.0318 e. The van der Waals surface area contributed by atoms with Crippen molar-refractivity contribution in [2.75, 3.05) is 0 Å². The van der Waals surface area contributed by atoms with Gasteiger partial charge in [-0.05, 0) is 42.4 Å². The highest BCUT2D eigenvalue weighted by Gasteiger charge is 2.51. The number of fused-ring (bicyclic) bond motifs is 2. The van der Waals surface area contributed by atoms with Crippen LogP contribution in [0.15, 0.2) is 0 Å². The minimum absolute atomic E-state index is 0.674. The number of hydrogen-bond donors (Lipinski definition) is 0. The summed E-state index contributed by atoms with van der Waals surface area (Å²) in [6.07, 6.45) is 6.00. The van der Waals surface area contributed by atoms with Gasteiger partial charge in [-0.1, -0.05) is 20.8 Å². The second-order valence-corrected chi connectivity index (χ2v) is 5.42. The molecule has 58 valence electrons. The Bertz CT molecular complexity index is 155. The van der Waals surface area contributed by atoms with Crippen LogP contribution in [0.4, 0.5) is 0 Å². The van der Waals surface area contributed by atoms with E-state index in [1.165, 1.54) is 25.7 Å². The van der Waals surface area contributed by atoms with Crippen molar-refractivity contribution < 1.29 is 0 Å². The molecule has 0 heterocycles. The first-order valence-electron chi connectivity index (χ1n) is 4.52. The zero-order valence-corrected chi connectivity index (χ0v) is 7.41. The van der Waals surface area contributed by atoms with Crippen molar-refractivity contribution >= 4 is 0 Å². The Morgan fingerprint density at radius 2 is 1.90 bits per heavy atom. The summed E-state index contributed by atoms with van der Waals surface area (Å²) in [7, 11) is 0. The standard InChI is InChI=1S/C10H18/c1-9(2)7-10(3)5-4-8(9)6-10/h8H,4-7H2,1-3H3/t8-,10?/m1/s1. The van der Waals surface area contributed by atoms with Crippen molar-refractivity contribution in [1.82, 2.24) is 0 Å². The van der Waals surface area contributed by atoms with Gasteiger partial charge in [0.25, 0.3) is 0 Å². The molecule has 2 aliphatic rings. The van der Waals surface area contributed by atoms with E-state index in [9.17, 15) is 0 Å². The van der Waals surface area contributed by atoms with Crippen LogP contribution >= 0.6 is 0 Å². The number of hydrogen-bond acceptors (Lipinski definition) is 0. The summed E-state index contributed by atoms with van der Waals surface area (Å²) in [6, 6.07) is 0. The Kier molecular flexibility index (Phi) is 1.07. The third-order valence-electron chi connectivity index (χ3n) is 3.82. The summed E-state index contributed by atoms with van der Waals surface area (Å²) in [5.74, 6) is 1.05. The molecule has 2 aliphatic carbocycles. The maximum Gasteiger partial charge on any atom is -0.0318 e. The van der Waals surface area contributed by atoms with Gasteiger partial charge in [0.2, 0.25) is 0 Å². The van der Waals surface area contributed by atoms with Crippen LogP contribution in [0.5, 0.6) is 0 Å². The monoisotopic (exact) mass is 138 g/mol. The zero-order chi connectivity index (χ0) is 7.41. The Balaban J connectivity index is 2.25. The molecular weight excluding hydrogens is 120 g/mol. The van der Waals surface area contributed by atoms with Crippen LogP contribution in [0.25, 0.3) is 0 Å². The van der Waals surface area contributed by atoms with E-state index >= 15 is 0 Å². The molecule has 0 N–H and O–H groups in total. The first-order valence-corrected chi connectivity index (χ1v) is 4.52. The van der Waals surface area contributed by atoms with Gasteiger partial charge in [-0.2, -0.15) is 0 Å². The molecule has 0 aromatic rings. The van der Waals surface area contributed by atoms with Crippen molar-refractivity contribution in [1.29, 1.82) is 0 Å². The lowest BCUT2D eigenvalue weighted by molar-refractivity contribution is 0.182. The van der Waals surface area contributed by atoms with Gasteiger partial charge in [-0.15, -0.1) is 0 Å². The van der Waals surface area contributed by atoms with E-state index < -0.39 is 0 Å². The van der Waals surface area contributed by atoms with Gasteiger partial charge >= 0.3 is 0 Å². The van der Waals surface area contributed by atoms with E-state index in [2.05, 4.69) is 20.8 Å². The largest absolute Gasteiger partial charge is 0.0596 e. The first-order chi connectivity index (χ1) is 4.52. The van der Waals surface area contributed by atoms with Crippen LogP contribution in [-0.4, -0.2) is 0 Å². The second kappa shape index (κ2) is 1.60.